The summed E-state index contributed by atoms with van der Waals surface area (Å²) in [5.74, 6) is 1.30. The lowest BCUT2D eigenvalue weighted by Crippen LogP contribution is -2.37. The third-order valence-electron chi connectivity index (χ3n) is 4.95. The summed E-state index contributed by atoms with van der Waals surface area (Å²) in [4.78, 5) is 28.8. The quantitative estimate of drug-likeness (QED) is 0.799. The Morgan fingerprint density at radius 2 is 2.08 bits per heavy atom. The molecular formula is C18H28N4O2. The highest BCUT2D eigenvalue weighted by molar-refractivity contribution is 5.93. The molecule has 2 aliphatic rings. The maximum Gasteiger partial charge on any atom is 0.271 e. The average Bonchev–Trinajstić information content (AvgIpc) is 3.29. The molecule has 1 aliphatic carbocycles. The summed E-state index contributed by atoms with van der Waals surface area (Å²) in [6.45, 7) is 6.39. The maximum atomic E-state index is 12.3. The molecule has 2 amide bonds. The molecular weight excluding hydrogens is 304 g/mol. The van der Waals surface area contributed by atoms with E-state index in [1.165, 1.54) is 12.8 Å². The van der Waals surface area contributed by atoms with Crippen LogP contribution >= 0.6 is 0 Å². The van der Waals surface area contributed by atoms with Gasteiger partial charge in [0, 0.05) is 19.6 Å². The van der Waals surface area contributed by atoms with Crippen molar-refractivity contribution < 1.29 is 9.59 Å². The number of carbonyl (C=O) groups is 2. The first-order valence-corrected chi connectivity index (χ1v) is 9.14. The lowest BCUT2D eigenvalue weighted by molar-refractivity contribution is -0.126. The maximum absolute atomic E-state index is 12.3. The van der Waals surface area contributed by atoms with Gasteiger partial charge in [-0.25, -0.2) is 4.98 Å². The fraction of sp³-hybridized carbons (Fsp3) is 0.722. The van der Waals surface area contributed by atoms with Gasteiger partial charge in [0.05, 0.1) is 17.9 Å². The van der Waals surface area contributed by atoms with Crippen molar-refractivity contribution >= 4 is 11.8 Å². The Balaban J connectivity index is 1.55. The minimum Gasteiger partial charge on any atom is -0.356 e. The van der Waals surface area contributed by atoms with Gasteiger partial charge in [-0.15, -0.1) is 0 Å². The summed E-state index contributed by atoms with van der Waals surface area (Å²) in [5, 5.41) is 6.01. The van der Waals surface area contributed by atoms with Crippen LogP contribution in [0.1, 0.15) is 55.7 Å². The number of aromatic nitrogens is 2. The predicted octanol–water partition coefficient (Wildman–Crippen LogP) is 1.75. The van der Waals surface area contributed by atoms with Gasteiger partial charge in [-0.2, -0.15) is 0 Å². The number of hydrogen-bond acceptors (Lipinski definition) is 3. The van der Waals surface area contributed by atoms with Gasteiger partial charge in [0.25, 0.3) is 5.91 Å². The van der Waals surface area contributed by atoms with E-state index in [9.17, 15) is 9.59 Å². The van der Waals surface area contributed by atoms with Crippen LogP contribution in [-0.2, 0) is 17.8 Å². The Hall–Kier alpha value is -1.85. The standard InChI is InChI=1S/C18H28N4O2/c1-12(2)7-8-19-18(24)16-15-6-5-14(10-22(15)11-21-16)17(23)20-9-13-3-4-13/h11-14H,3-10H2,1-2H3,(H,19,24)(H,20,23). The van der Waals surface area contributed by atoms with Gasteiger partial charge in [-0.05, 0) is 43.9 Å². The highest BCUT2D eigenvalue weighted by Gasteiger charge is 2.29. The third-order valence-corrected chi connectivity index (χ3v) is 4.95. The van der Waals surface area contributed by atoms with Gasteiger partial charge in [0.2, 0.25) is 5.91 Å². The van der Waals surface area contributed by atoms with Gasteiger partial charge in [0.1, 0.15) is 5.69 Å². The fourth-order valence-corrected chi connectivity index (χ4v) is 3.14. The molecule has 6 heteroatoms. The van der Waals surface area contributed by atoms with Crippen molar-refractivity contribution in [2.24, 2.45) is 17.8 Å². The van der Waals surface area contributed by atoms with Gasteiger partial charge in [0.15, 0.2) is 0 Å². The Labute approximate surface area is 143 Å². The molecule has 2 heterocycles. The van der Waals surface area contributed by atoms with Crippen LogP contribution < -0.4 is 10.6 Å². The average molecular weight is 332 g/mol. The molecule has 1 aromatic heterocycles. The largest absolute Gasteiger partial charge is 0.356 e. The summed E-state index contributed by atoms with van der Waals surface area (Å²) < 4.78 is 1.97. The second kappa shape index (κ2) is 7.36. The molecule has 2 N–H and O–H groups in total. The normalized spacial score (nSPS) is 19.9. The first kappa shape index (κ1) is 17.0. The smallest absolute Gasteiger partial charge is 0.271 e. The first-order chi connectivity index (χ1) is 11.5. The predicted molar refractivity (Wildman–Crippen MR) is 91.6 cm³/mol. The van der Waals surface area contributed by atoms with E-state index in [1.54, 1.807) is 6.33 Å². The van der Waals surface area contributed by atoms with E-state index in [1.807, 2.05) is 4.57 Å². The zero-order valence-electron chi connectivity index (χ0n) is 14.7. The van der Waals surface area contributed by atoms with Crippen molar-refractivity contribution in [3.05, 3.63) is 17.7 Å². The van der Waals surface area contributed by atoms with E-state index in [4.69, 9.17) is 0 Å². The van der Waals surface area contributed by atoms with E-state index < -0.39 is 0 Å². The second-order valence-electron chi connectivity index (χ2n) is 7.55. The summed E-state index contributed by atoms with van der Waals surface area (Å²) in [5.41, 5.74) is 1.49. The number of fused-ring (bicyclic) bond motifs is 1. The molecule has 132 valence electrons. The fourth-order valence-electron chi connectivity index (χ4n) is 3.14. The molecule has 0 aromatic carbocycles. The van der Waals surface area contributed by atoms with Crippen LogP contribution in [0, 0.1) is 17.8 Å². The monoisotopic (exact) mass is 332 g/mol. The van der Waals surface area contributed by atoms with Crippen LogP contribution in [0.25, 0.3) is 0 Å². The summed E-state index contributed by atoms with van der Waals surface area (Å²) in [6.07, 6.45) is 6.67. The number of nitrogens with zero attached hydrogens (tertiary/aromatic N) is 2. The van der Waals surface area contributed by atoms with Crippen molar-refractivity contribution in [1.82, 2.24) is 20.2 Å². The molecule has 0 spiro atoms. The first-order valence-electron chi connectivity index (χ1n) is 9.14. The van der Waals surface area contributed by atoms with Crippen LogP contribution in [-0.4, -0.2) is 34.5 Å². The van der Waals surface area contributed by atoms with Gasteiger partial charge < -0.3 is 15.2 Å². The van der Waals surface area contributed by atoms with Crippen molar-refractivity contribution in [3.8, 4) is 0 Å². The Bertz CT molecular complexity index is 604. The minimum atomic E-state index is -0.0963. The molecule has 1 aromatic rings. The molecule has 0 radical (unpaired) electrons. The molecule has 0 saturated heterocycles. The summed E-state index contributed by atoms with van der Waals surface area (Å²) in [7, 11) is 0. The van der Waals surface area contributed by atoms with Gasteiger partial charge in [-0.3, -0.25) is 9.59 Å². The molecule has 6 nitrogen and oxygen atoms in total. The Morgan fingerprint density at radius 1 is 1.29 bits per heavy atom. The number of imidazole rings is 1. The lowest BCUT2D eigenvalue weighted by Gasteiger charge is -2.24. The lowest BCUT2D eigenvalue weighted by atomic mass is 9.96. The van der Waals surface area contributed by atoms with E-state index in [0.717, 1.165) is 31.5 Å². The number of amides is 2. The van der Waals surface area contributed by atoms with Crippen molar-refractivity contribution in [1.29, 1.82) is 0 Å². The van der Waals surface area contributed by atoms with Crippen LogP contribution in [0.15, 0.2) is 6.33 Å². The SMILES string of the molecule is CC(C)CCNC(=O)c1ncn2c1CCC(C(=O)NCC1CC1)C2. The highest BCUT2D eigenvalue weighted by Crippen LogP contribution is 2.28. The third kappa shape index (κ3) is 4.16. The van der Waals surface area contributed by atoms with Crippen molar-refractivity contribution in [2.45, 2.75) is 52.5 Å². The highest BCUT2D eigenvalue weighted by atomic mass is 16.2. The van der Waals surface area contributed by atoms with E-state index >= 15 is 0 Å². The summed E-state index contributed by atoms with van der Waals surface area (Å²) >= 11 is 0. The Morgan fingerprint density at radius 3 is 2.79 bits per heavy atom. The molecule has 3 rings (SSSR count). The molecule has 1 unspecified atom stereocenters. The number of rotatable bonds is 7. The second-order valence-corrected chi connectivity index (χ2v) is 7.55. The molecule has 1 aliphatic heterocycles. The zero-order chi connectivity index (χ0) is 17.1. The summed E-state index contributed by atoms with van der Waals surface area (Å²) in [6, 6.07) is 0. The Kier molecular flexibility index (Phi) is 5.21. The number of carbonyl (C=O) groups excluding carboxylic acids is 2. The van der Waals surface area contributed by atoms with E-state index in [2.05, 4.69) is 29.5 Å². The van der Waals surface area contributed by atoms with Crippen molar-refractivity contribution in [2.75, 3.05) is 13.1 Å². The van der Waals surface area contributed by atoms with Crippen LogP contribution in [0.3, 0.4) is 0 Å². The van der Waals surface area contributed by atoms with E-state index in [-0.39, 0.29) is 17.7 Å². The van der Waals surface area contributed by atoms with Gasteiger partial charge >= 0.3 is 0 Å². The van der Waals surface area contributed by atoms with Crippen LogP contribution in [0.4, 0.5) is 0 Å². The molecule has 1 fully saturated rings. The van der Waals surface area contributed by atoms with E-state index in [0.29, 0.717) is 30.6 Å². The minimum absolute atomic E-state index is 0.0118. The van der Waals surface area contributed by atoms with Crippen LogP contribution in [0.5, 0.6) is 0 Å². The number of hydrogen-bond donors (Lipinski definition) is 2. The number of nitrogens with one attached hydrogen (secondary N) is 2. The topological polar surface area (TPSA) is 76.0 Å². The molecule has 1 atom stereocenters. The van der Waals surface area contributed by atoms with Gasteiger partial charge in [-0.1, -0.05) is 13.8 Å². The van der Waals surface area contributed by atoms with Crippen molar-refractivity contribution in [3.63, 3.8) is 0 Å². The zero-order valence-corrected chi connectivity index (χ0v) is 14.7. The molecule has 24 heavy (non-hydrogen) atoms. The molecule has 0 bridgehead atoms. The van der Waals surface area contributed by atoms with Crippen LogP contribution in [0.2, 0.25) is 0 Å². The molecule has 1 saturated carbocycles.